The van der Waals surface area contributed by atoms with Gasteiger partial charge in [0.25, 0.3) is 0 Å². The summed E-state index contributed by atoms with van der Waals surface area (Å²) in [5, 5.41) is 6.62. The van der Waals surface area contributed by atoms with Crippen molar-refractivity contribution in [3.05, 3.63) is 0 Å². The first-order chi connectivity index (χ1) is 9.25. The predicted molar refractivity (Wildman–Crippen MR) is 79.0 cm³/mol. The van der Waals surface area contributed by atoms with Crippen molar-refractivity contribution in [1.29, 1.82) is 0 Å². The summed E-state index contributed by atoms with van der Waals surface area (Å²) in [6, 6.07) is 0.368. The van der Waals surface area contributed by atoms with Gasteiger partial charge in [0.1, 0.15) is 0 Å². The lowest BCUT2D eigenvalue weighted by atomic mass is 9.91. The largest absolute Gasteiger partial charge is 0.353 e. The van der Waals surface area contributed by atoms with E-state index in [0.717, 1.165) is 32.4 Å². The predicted octanol–water partition coefficient (Wildman–Crippen LogP) is 2.85. The van der Waals surface area contributed by atoms with Crippen molar-refractivity contribution in [3.8, 4) is 0 Å². The Kier molecular flexibility index (Phi) is 6.15. The monoisotopic (exact) mass is 266 g/mol. The summed E-state index contributed by atoms with van der Waals surface area (Å²) in [6.07, 6.45) is 11.1. The number of hydrogen-bond acceptors (Lipinski definition) is 2. The Morgan fingerprint density at radius 3 is 2.37 bits per heavy atom. The first-order valence-corrected chi connectivity index (χ1v) is 8.26. The minimum absolute atomic E-state index is 0.281. The molecule has 1 saturated carbocycles. The second-order valence-corrected chi connectivity index (χ2v) is 6.51. The lowest BCUT2D eigenvalue weighted by Gasteiger charge is -2.26. The number of amides is 1. The second-order valence-electron chi connectivity index (χ2n) is 6.51. The molecule has 1 saturated heterocycles. The van der Waals surface area contributed by atoms with Crippen LogP contribution in [0.1, 0.15) is 64.7 Å². The van der Waals surface area contributed by atoms with Crippen LogP contribution in [0.15, 0.2) is 0 Å². The van der Waals surface area contributed by atoms with Crippen LogP contribution in [0.25, 0.3) is 0 Å². The van der Waals surface area contributed by atoms with Crippen LogP contribution >= 0.6 is 0 Å². The Morgan fingerprint density at radius 2 is 1.74 bits per heavy atom. The van der Waals surface area contributed by atoms with Crippen LogP contribution in [0, 0.1) is 11.8 Å². The highest BCUT2D eigenvalue weighted by atomic mass is 16.1. The van der Waals surface area contributed by atoms with E-state index < -0.39 is 0 Å². The van der Waals surface area contributed by atoms with Gasteiger partial charge in [0.2, 0.25) is 5.91 Å². The van der Waals surface area contributed by atoms with Gasteiger partial charge in [0.05, 0.1) is 0 Å². The number of nitrogens with one attached hydrogen (secondary N) is 2. The molecule has 0 aromatic carbocycles. The van der Waals surface area contributed by atoms with Crippen molar-refractivity contribution < 1.29 is 4.79 Å². The molecule has 1 atom stereocenters. The summed E-state index contributed by atoms with van der Waals surface area (Å²) in [5.74, 6) is 1.59. The molecule has 2 aliphatic rings. The van der Waals surface area contributed by atoms with Gasteiger partial charge in [0, 0.05) is 12.5 Å². The molecule has 2 fully saturated rings. The SMILES string of the molecule is C[C@H](NC(=O)CC1CCNCC1)C1CCCCCC1. The molecule has 1 amide bonds. The van der Waals surface area contributed by atoms with Gasteiger partial charge in [0.15, 0.2) is 0 Å². The maximum Gasteiger partial charge on any atom is 0.220 e. The third-order valence-corrected chi connectivity index (χ3v) is 4.93. The maximum absolute atomic E-state index is 12.1. The molecule has 1 aliphatic heterocycles. The Bertz CT molecular complexity index is 266. The molecule has 0 aromatic heterocycles. The lowest BCUT2D eigenvalue weighted by molar-refractivity contribution is -0.123. The molecule has 0 unspecified atom stereocenters. The molecule has 110 valence electrons. The molecule has 3 heteroatoms. The third kappa shape index (κ3) is 5.13. The second kappa shape index (κ2) is 7.88. The standard InChI is InChI=1S/C16H30N2O/c1-13(15-6-4-2-3-5-7-15)18-16(19)12-14-8-10-17-11-9-14/h13-15,17H,2-12H2,1H3,(H,18,19)/t13-/m0/s1. The highest BCUT2D eigenvalue weighted by molar-refractivity contribution is 5.76. The van der Waals surface area contributed by atoms with Crippen LogP contribution in [0.5, 0.6) is 0 Å². The number of carbonyl (C=O) groups is 1. The molecular weight excluding hydrogens is 236 g/mol. The van der Waals surface area contributed by atoms with Crippen molar-refractivity contribution in [2.45, 2.75) is 70.8 Å². The molecule has 3 nitrogen and oxygen atoms in total. The molecule has 1 aliphatic carbocycles. The summed E-state index contributed by atoms with van der Waals surface area (Å²) in [4.78, 5) is 12.1. The normalized spacial score (nSPS) is 24.7. The van der Waals surface area contributed by atoms with Crippen molar-refractivity contribution in [2.24, 2.45) is 11.8 Å². The fraction of sp³-hybridized carbons (Fsp3) is 0.938. The molecule has 2 N–H and O–H groups in total. The highest BCUT2D eigenvalue weighted by Crippen LogP contribution is 2.25. The lowest BCUT2D eigenvalue weighted by Crippen LogP contribution is -2.39. The molecule has 0 radical (unpaired) electrons. The van der Waals surface area contributed by atoms with Gasteiger partial charge in [-0.15, -0.1) is 0 Å². The number of hydrogen-bond donors (Lipinski definition) is 2. The van der Waals surface area contributed by atoms with E-state index in [4.69, 9.17) is 0 Å². The zero-order valence-electron chi connectivity index (χ0n) is 12.4. The van der Waals surface area contributed by atoms with Gasteiger partial charge < -0.3 is 10.6 Å². The topological polar surface area (TPSA) is 41.1 Å². The van der Waals surface area contributed by atoms with Crippen LogP contribution in [0.3, 0.4) is 0 Å². The third-order valence-electron chi connectivity index (χ3n) is 4.93. The van der Waals surface area contributed by atoms with Crippen LogP contribution in [-0.2, 0) is 4.79 Å². The van der Waals surface area contributed by atoms with Crippen molar-refractivity contribution >= 4 is 5.91 Å². The van der Waals surface area contributed by atoms with Crippen LogP contribution in [-0.4, -0.2) is 25.0 Å². The van der Waals surface area contributed by atoms with Crippen LogP contribution in [0.4, 0.5) is 0 Å². The fourth-order valence-corrected chi connectivity index (χ4v) is 3.59. The van der Waals surface area contributed by atoms with Gasteiger partial charge in [-0.1, -0.05) is 25.7 Å². The molecular formula is C16H30N2O. The van der Waals surface area contributed by atoms with Crippen LogP contribution in [0.2, 0.25) is 0 Å². The van der Waals surface area contributed by atoms with E-state index >= 15 is 0 Å². The van der Waals surface area contributed by atoms with Crippen molar-refractivity contribution in [2.75, 3.05) is 13.1 Å². The van der Waals surface area contributed by atoms with E-state index in [-0.39, 0.29) is 5.91 Å². The smallest absolute Gasteiger partial charge is 0.220 e. The number of rotatable bonds is 4. The van der Waals surface area contributed by atoms with E-state index in [0.29, 0.717) is 17.9 Å². The Hall–Kier alpha value is -0.570. The Labute approximate surface area is 117 Å². The minimum Gasteiger partial charge on any atom is -0.353 e. The van der Waals surface area contributed by atoms with Crippen LogP contribution < -0.4 is 10.6 Å². The Morgan fingerprint density at radius 1 is 1.11 bits per heavy atom. The zero-order chi connectivity index (χ0) is 13.5. The summed E-state index contributed by atoms with van der Waals surface area (Å²) in [7, 11) is 0. The Balaban J connectivity index is 1.70. The molecule has 0 spiro atoms. The molecule has 0 bridgehead atoms. The van der Waals surface area contributed by atoms with Gasteiger partial charge in [-0.2, -0.15) is 0 Å². The van der Waals surface area contributed by atoms with E-state index in [1.165, 1.54) is 38.5 Å². The summed E-state index contributed by atoms with van der Waals surface area (Å²) < 4.78 is 0. The van der Waals surface area contributed by atoms with Gasteiger partial charge in [-0.25, -0.2) is 0 Å². The summed E-state index contributed by atoms with van der Waals surface area (Å²) in [5.41, 5.74) is 0. The first-order valence-electron chi connectivity index (χ1n) is 8.26. The molecule has 19 heavy (non-hydrogen) atoms. The minimum atomic E-state index is 0.281. The summed E-state index contributed by atoms with van der Waals surface area (Å²) >= 11 is 0. The van der Waals surface area contributed by atoms with Crippen molar-refractivity contribution in [1.82, 2.24) is 10.6 Å². The van der Waals surface area contributed by atoms with Gasteiger partial charge in [-0.05, 0) is 57.5 Å². The van der Waals surface area contributed by atoms with E-state index in [1.54, 1.807) is 0 Å². The van der Waals surface area contributed by atoms with Gasteiger partial charge in [-0.3, -0.25) is 4.79 Å². The van der Waals surface area contributed by atoms with Crippen molar-refractivity contribution in [3.63, 3.8) is 0 Å². The highest BCUT2D eigenvalue weighted by Gasteiger charge is 2.22. The first kappa shape index (κ1) is 14.8. The number of piperidine rings is 1. The number of carbonyl (C=O) groups excluding carboxylic acids is 1. The molecule has 1 heterocycles. The fourth-order valence-electron chi connectivity index (χ4n) is 3.59. The quantitative estimate of drug-likeness (QED) is 0.768. The average molecular weight is 266 g/mol. The summed E-state index contributed by atoms with van der Waals surface area (Å²) in [6.45, 7) is 4.36. The zero-order valence-corrected chi connectivity index (χ0v) is 12.4. The van der Waals surface area contributed by atoms with Gasteiger partial charge >= 0.3 is 0 Å². The van der Waals surface area contributed by atoms with E-state index in [2.05, 4.69) is 17.6 Å². The van der Waals surface area contributed by atoms with E-state index in [1.807, 2.05) is 0 Å². The molecule has 0 aromatic rings. The maximum atomic E-state index is 12.1. The van der Waals surface area contributed by atoms with E-state index in [9.17, 15) is 4.79 Å². The average Bonchev–Trinajstić information content (AvgIpc) is 2.68. The molecule has 2 rings (SSSR count).